The summed E-state index contributed by atoms with van der Waals surface area (Å²) in [5, 5.41) is 3.98. The third-order valence-electron chi connectivity index (χ3n) is 2.02. The Hall–Kier alpha value is -1.97. The van der Waals surface area contributed by atoms with Crippen molar-refractivity contribution in [2.75, 3.05) is 0 Å². The minimum absolute atomic E-state index is 0.268. The van der Waals surface area contributed by atoms with E-state index in [9.17, 15) is 9.18 Å². The van der Waals surface area contributed by atoms with Gasteiger partial charge in [-0.25, -0.2) is 4.39 Å². The van der Waals surface area contributed by atoms with Crippen molar-refractivity contribution in [2.45, 2.75) is 6.54 Å². The van der Waals surface area contributed by atoms with Crippen molar-refractivity contribution in [3.8, 4) is 0 Å². The van der Waals surface area contributed by atoms with Crippen LogP contribution < -0.4 is 0 Å². The molecule has 1 aromatic heterocycles. The summed E-state index contributed by atoms with van der Waals surface area (Å²) in [5.41, 5.74) is 1.20. The first-order valence-corrected chi connectivity index (χ1v) is 4.51. The zero-order chi connectivity index (χ0) is 10.7. The van der Waals surface area contributed by atoms with Gasteiger partial charge in [0.05, 0.1) is 6.54 Å². The maximum absolute atomic E-state index is 12.9. The molecule has 1 heterocycles. The van der Waals surface area contributed by atoms with E-state index in [0.29, 0.717) is 18.5 Å². The number of nitrogens with zero attached hydrogens (tertiary/aromatic N) is 2. The number of carbonyl (C=O) groups is 1. The van der Waals surface area contributed by atoms with Crippen LogP contribution in [0.4, 0.5) is 4.39 Å². The molecule has 15 heavy (non-hydrogen) atoms. The van der Waals surface area contributed by atoms with Crippen molar-refractivity contribution < 1.29 is 9.18 Å². The molecule has 76 valence electrons. The summed E-state index contributed by atoms with van der Waals surface area (Å²) in [6.07, 6.45) is 2.37. The number of halogens is 1. The van der Waals surface area contributed by atoms with Crippen molar-refractivity contribution in [1.82, 2.24) is 9.78 Å². The molecule has 0 saturated heterocycles. The van der Waals surface area contributed by atoms with Gasteiger partial charge in [-0.15, -0.1) is 0 Å². The van der Waals surface area contributed by atoms with E-state index in [-0.39, 0.29) is 5.82 Å². The van der Waals surface area contributed by atoms with Crippen LogP contribution in [0, 0.1) is 5.82 Å². The summed E-state index contributed by atoms with van der Waals surface area (Å²) >= 11 is 0. The monoisotopic (exact) mass is 204 g/mol. The first-order valence-electron chi connectivity index (χ1n) is 4.51. The van der Waals surface area contributed by atoms with Crippen molar-refractivity contribution in [1.29, 1.82) is 0 Å². The van der Waals surface area contributed by atoms with Gasteiger partial charge in [-0.3, -0.25) is 9.48 Å². The van der Waals surface area contributed by atoms with Gasteiger partial charge in [0.1, 0.15) is 11.5 Å². The highest BCUT2D eigenvalue weighted by Crippen LogP contribution is 2.05. The number of carbonyl (C=O) groups excluding carboxylic acids is 1. The van der Waals surface area contributed by atoms with Gasteiger partial charge >= 0.3 is 0 Å². The maximum atomic E-state index is 12.9. The molecule has 0 aliphatic rings. The molecule has 0 spiro atoms. The largest absolute Gasteiger partial charge is 0.296 e. The summed E-state index contributed by atoms with van der Waals surface area (Å²) in [6, 6.07) is 7.91. The first kappa shape index (κ1) is 9.58. The van der Waals surface area contributed by atoms with E-state index in [1.165, 1.54) is 12.1 Å². The van der Waals surface area contributed by atoms with Crippen molar-refractivity contribution in [2.24, 2.45) is 0 Å². The molecule has 2 rings (SSSR count). The number of aldehydes is 1. The van der Waals surface area contributed by atoms with Gasteiger partial charge < -0.3 is 0 Å². The van der Waals surface area contributed by atoms with Crippen LogP contribution in [0.2, 0.25) is 0 Å². The van der Waals surface area contributed by atoms with Crippen molar-refractivity contribution >= 4 is 6.29 Å². The third-order valence-corrected chi connectivity index (χ3v) is 2.02. The van der Waals surface area contributed by atoms with Crippen LogP contribution in [0.25, 0.3) is 0 Å². The minimum Gasteiger partial charge on any atom is -0.296 e. The second kappa shape index (κ2) is 4.04. The molecule has 4 heteroatoms. The molecule has 0 N–H and O–H groups in total. The highest BCUT2D eigenvalue weighted by atomic mass is 19.1. The van der Waals surface area contributed by atoms with E-state index >= 15 is 0 Å². The number of hydrogen-bond donors (Lipinski definition) is 0. The molecule has 1 aromatic carbocycles. The van der Waals surface area contributed by atoms with Crippen molar-refractivity contribution in [3.05, 3.63) is 53.6 Å². The first-order chi connectivity index (χ1) is 7.28. The summed E-state index contributed by atoms with van der Waals surface area (Å²) < 4.78 is 14.5. The van der Waals surface area contributed by atoms with Gasteiger partial charge in [0.25, 0.3) is 0 Å². The Morgan fingerprint density at radius 3 is 2.93 bits per heavy atom. The predicted octanol–water partition coefficient (Wildman–Crippen LogP) is 1.88. The fourth-order valence-electron chi connectivity index (χ4n) is 1.35. The van der Waals surface area contributed by atoms with E-state index in [2.05, 4.69) is 5.10 Å². The van der Waals surface area contributed by atoms with Crippen LogP contribution in [-0.2, 0) is 6.54 Å². The van der Waals surface area contributed by atoms with Crippen LogP contribution in [0.5, 0.6) is 0 Å². The van der Waals surface area contributed by atoms with Gasteiger partial charge in [-0.05, 0) is 23.8 Å². The normalized spacial score (nSPS) is 10.2. The molecule has 2 aromatic rings. The Kier molecular flexibility index (Phi) is 2.58. The van der Waals surface area contributed by atoms with E-state index in [4.69, 9.17) is 0 Å². The number of rotatable bonds is 3. The molecule has 0 aliphatic carbocycles. The second-order valence-electron chi connectivity index (χ2n) is 3.19. The second-order valence-corrected chi connectivity index (χ2v) is 3.19. The average Bonchev–Trinajstić information content (AvgIpc) is 2.65. The Morgan fingerprint density at radius 2 is 2.27 bits per heavy atom. The van der Waals surface area contributed by atoms with E-state index in [1.54, 1.807) is 23.0 Å². The Bertz CT molecular complexity index is 479. The number of hydrogen-bond acceptors (Lipinski definition) is 2. The van der Waals surface area contributed by atoms with Crippen LogP contribution in [0.1, 0.15) is 16.1 Å². The van der Waals surface area contributed by atoms with E-state index in [0.717, 1.165) is 5.56 Å². The lowest BCUT2D eigenvalue weighted by molar-refractivity contribution is 0.111. The molecule has 0 unspecified atom stereocenters. The quantitative estimate of drug-likeness (QED) is 0.715. The maximum Gasteiger partial charge on any atom is 0.170 e. The Labute approximate surface area is 86.2 Å². The fourth-order valence-corrected chi connectivity index (χ4v) is 1.35. The lowest BCUT2D eigenvalue weighted by atomic mass is 10.2. The summed E-state index contributed by atoms with van der Waals surface area (Å²) in [5.74, 6) is -0.268. The molecule has 0 amide bonds. The highest BCUT2D eigenvalue weighted by molar-refractivity contribution is 5.71. The minimum atomic E-state index is -0.268. The SMILES string of the molecule is O=Cc1ccn(Cc2cccc(F)c2)n1. The molecule has 3 nitrogen and oxygen atoms in total. The van der Waals surface area contributed by atoms with E-state index in [1.807, 2.05) is 6.07 Å². The summed E-state index contributed by atoms with van der Waals surface area (Å²) in [6.45, 7) is 0.464. The molecule has 0 atom stereocenters. The van der Waals surface area contributed by atoms with Gasteiger partial charge in [0.2, 0.25) is 0 Å². The number of aromatic nitrogens is 2. The highest BCUT2D eigenvalue weighted by Gasteiger charge is 1.99. The van der Waals surface area contributed by atoms with E-state index < -0.39 is 0 Å². The van der Waals surface area contributed by atoms with Crippen LogP contribution in [0.3, 0.4) is 0 Å². The van der Waals surface area contributed by atoms with Crippen molar-refractivity contribution in [3.63, 3.8) is 0 Å². The van der Waals surface area contributed by atoms with Crippen LogP contribution >= 0.6 is 0 Å². The predicted molar refractivity (Wildman–Crippen MR) is 53.1 cm³/mol. The molecule has 0 bridgehead atoms. The molecule has 0 saturated carbocycles. The van der Waals surface area contributed by atoms with Gasteiger partial charge in [-0.2, -0.15) is 5.10 Å². The average molecular weight is 204 g/mol. The third kappa shape index (κ3) is 2.28. The Morgan fingerprint density at radius 1 is 1.40 bits per heavy atom. The molecular formula is C11H9FN2O. The van der Waals surface area contributed by atoms with Gasteiger partial charge in [-0.1, -0.05) is 12.1 Å². The topological polar surface area (TPSA) is 34.9 Å². The molecule has 0 fully saturated rings. The zero-order valence-corrected chi connectivity index (χ0v) is 7.93. The summed E-state index contributed by atoms with van der Waals surface area (Å²) in [4.78, 5) is 10.4. The van der Waals surface area contributed by atoms with Crippen LogP contribution in [0.15, 0.2) is 36.5 Å². The number of benzene rings is 1. The van der Waals surface area contributed by atoms with Gasteiger partial charge in [0.15, 0.2) is 6.29 Å². The smallest absolute Gasteiger partial charge is 0.170 e. The Balaban J connectivity index is 2.18. The zero-order valence-electron chi connectivity index (χ0n) is 7.93. The molecule has 0 radical (unpaired) electrons. The lowest BCUT2D eigenvalue weighted by Gasteiger charge is -2.01. The standard InChI is InChI=1S/C11H9FN2O/c12-10-3-1-2-9(6-10)7-14-5-4-11(8-15)13-14/h1-6,8H,7H2. The lowest BCUT2D eigenvalue weighted by Crippen LogP contribution is -2.01. The molecular weight excluding hydrogens is 195 g/mol. The van der Waals surface area contributed by atoms with Crippen LogP contribution in [-0.4, -0.2) is 16.1 Å². The van der Waals surface area contributed by atoms with Gasteiger partial charge in [0, 0.05) is 6.20 Å². The fraction of sp³-hybridized carbons (Fsp3) is 0.0909. The summed E-state index contributed by atoms with van der Waals surface area (Å²) in [7, 11) is 0. The molecule has 0 aliphatic heterocycles.